The summed E-state index contributed by atoms with van der Waals surface area (Å²) in [6.45, 7) is 6.69. The van der Waals surface area contributed by atoms with Gasteiger partial charge in [-0.1, -0.05) is 45.2 Å². The molecule has 0 bridgehead atoms. The highest BCUT2D eigenvalue weighted by Gasteiger charge is 2.16. The second-order valence-electron chi connectivity index (χ2n) is 4.66. The Morgan fingerprint density at radius 3 is 2.88 bits per heavy atom. The van der Waals surface area contributed by atoms with Crippen LogP contribution in [0.15, 0.2) is 18.3 Å². The third-order valence-corrected chi connectivity index (χ3v) is 3.67. The number of hydrogen-bond donors (Lipinski definition) is 0. The molecule has 0 aliphatic heterocycles. The molecule has 2 aromatic rings. The van der Waals surface area contributed by atoms with Gasteiger partial charge in [0.15, 0.2) is 5.65 Å². The normalized spacial score (nSPS) is 15.1. The number of fused-ring (bicyclic) bond motifs is 1. The Morgan fingerprint density at radius 2 is 2.18 bits per heavy atom. The van der Waals surface area contributed by atoms with Gasteiger partial charge in [-0.3, -0.25) is 0 Å². The molecule has 0 fully saturated rings. The molecule has 2 rings (SSSR count). The first kappa shape index (κ1) is 12.4. The smallest absolute Gasteiger partial charge is 0.156 e. The molecule has 2 atom stereocenters. The summed E-state index contributed by atoms with van der Waals surface area (Å²) in [4.78, 5) is 4.62. The number of hydrogen-bond acceptors (Lipinski definition) is 2. The van der Waals surface area contributed by atoms with Crippen LogP contribution in [0.4, 0.5) is 0 Å². The standard InChI is InChI=1S/C13H18ClN3/c1-4-5-9(2)10(3)11-8-12(14)17-13(16-11)6-7-15-17/h6-10H,4-5H2,1-3H3/t9?,10-/m1/s1. The molecule has 0 saturated carbocycles. The summed E-state index contributed by atoms with van der Waals surface area (Å²) in [5, 5.41) is 4.75. The molecule has 0 saturated heterocycles. The van der Waals surface area contributed by atoms with Gasteiger partial charge in [-0.2, -0.15) is 5.10 Å². The van der Waals surface area contributed by atoms with Crippen LogP contribution in [0.25, 0.3) is 5.65 Å². The van der Waals surface area contributed by atoms with E-state index in [9.17, 15) is 0 Å². The Bertz CT molecular complexity index is 506. The summed E-state index contributed by atoms with van der Waals surface area (Å²) < 4.78 is 1.66. The van der Waals surface area contributed by atoms with Gasteiger partial charge in [0.2, 0.25) is 0 Å². The fourth-order valence-corrected chi connectivity index (χ4v) is 2.37. The quantitative estimate of drug-likeness (QED) is 0.771. The topological polar surface area (TPSA) is 30.2 Å². The van der Waals surface area contributed by atoms with Crippen molar-refractivity contribution in [1.82, 2.24) is 14.6 Å². The molecule has 0 radical (unpaired) electrons. The number of halogens is 1. The number of aromatic nitrogens is 3. The van der Waals surface area contributed by atoms with Gasteiger partial charge in [0.25, 0.3) is 0 Å². The van der Waals surface area contributed by atoms with Crippen molar-refractivity contribution in [3.63, 3.8) is 0 Å². The summed E-state index contributed by atoms with van der Waals surface area (Å²) in [6.07, 6.45) is 4.14. The van der Waals surface area contributed by atoms with Crippen molar-refractivity contribution < 1.29 is 0 Å². The Morgan fingerprint density at radius 1 is 1.41 bits per heavy atom. The Hall–Kier alpha value is -1.09. The molecular weight excluding hydrogens is 234 g/mol. The zero-order valence-electron chi connectivity index (χ0n) is 10.5. The molecule has 17 heavy (non-hydrogen) atoms. The predicted molar refractivity (Wildman–Crippen MR) is 70.5 cm³/mol. The van der Waals surface area contributed by atoms with Crippen molar-refractivity contribution in [2.75, 3.05) is 0 Å². The molecule has 0 aromatic carbocycles. The molecular formula is C13H18ClN3. The Balaban J connectivity index is 2.34. The van der Waals surface area contributed by atoms with E-state index in [0.29, 0.717) is 17.0 Å². The number of nitrogens with zero attached hydrogens (tertiary/aromatic N) is 3. The highest BCUT2D eigenvalue weighted by atomic mass is 35.5. The van der Waals surface area contributed by atoms with E-state index in [1.807, 2.05) is 12.1 Å². The van der Waals surface area contributed by atoms with E-state index in [2.05, 4.69) is 30.9 Å². The van der Waals surface area contributed by atoms with Crippen LogP contribution in [-0.2, 0) is 0 Å². The molecule has 0 spiro atoms. The van der Waals surface area contributed by atoms with Gasteiger partial charge >= 0.3 is 0 Å². The second kappa shape index (κ2) is 5.05. The van der Waals surface area contributed by atoms with E-state index in [1.165, 1.54) is 12.8 Å². The van der Waals surface area contributed by atoms with Gasteiger partial charge in [-0.25, -0.2) is 9.50 Å². The van der Waals surface area contributed by atoms with Gasteiger partial charge in [0.05, 0.1) is 6.20 Å². The molecule has 4 heteroatoms. The minimum Gasteiger partial charge on any atom is -0.233 e. The summed E-state index contributed by atoms with van der Waals surface area (Å²) >= 11 is 6.19. The van der Waals surface area contributed by atoms with Crippen molar-refractivity contribution in [2.24, 2.45) is 5.92 Å². The first-order valence-corrected chi connectivity index (χ1v) is 6.51. The van der Waals surface area contributed by atoms with Crippen LogP contribution in [0.1, 0.15) is 45.2 Å². The van der Waals surface area contributed by atoms with Crippen molar-refractivity contribution >= 4 is 17.2 Å². The summed E-state index contributed by atoms with van der Waals surface area (Å²) in [6, 6.07) is 3.81. The van der Waals surface area contributed by atoms with Crippen molar-refractivity contribution in [1.29, 1.82) is 0 Å². The van der Waals surface area contributed by atoms with Crippen LogP contribution in [0.5, 0.6) is 0 Å². The molecule has 0 aliphatic rings. The van der Waals surface area contributed by atoms with E-state index >= 15 is 0 Å². The van der Waals surface area contributed by atoms with Gasteiger partial charge < -0.3 is 0 Å². The lowest BCUT2D eigenvalue weighted by molar-refractivity contribution is 0.441. The molecule has 2 heterocycles. The third kappa shape index (κ3) is 2.44. The fourth-order valence-electron chi connectivity index (χ4n) is 2.12. The summed E-state index contributed by atoms with van der Waals surface area (Å²) in [5.74, 6) is 1.04. The second-order valence-corrected chi connectivity index (χ2v) is 5.05. The van der Waals surface area contributed by atoms with Crippen molar-refractivity contribution in [3.05, 3.63) is 29.2 Å². The molecule has 1 unspecified atom stereocenters. The number of rotatable bonds is 4. The average Bonchev–Trinajstić information content (AvgIpc) is 2.77. The van der Waals surface area contributed by atoms with Gasteiger partial charge in [0, 0.05) is 17.7 Å². The van der Waals surface area contributed by atoms with Crippen LogP contribution in [0, 0.1) is 5.92 Å². The lowest BCUT2D eigenvalue weighted by atomic mass is 9.89. The Labute approximate surface area is 107 Å². The first-order chi connectivity index (χ1) is 8.13. The van der Waals surface area contributed by atoms with E-state index in [-0.39, 0.29) is 0 Å². The summed E-state index contributed by atoms with van der Waals surface area (Å²) in [5.41, 5.74) is 1.88. The largest absolute Gasteiger partial charge is 0.233 e. The molecule has 92 valence electrons. The van der Waals surface area contributed by atoms with Gasteiger partial charge in [-0.15, -0.1) is 0 Å². The predicted octanol–water partition coefficient (Wildman–Crippen LogP) is 3.92. The van der Waals surface area contributed by atoms with Gasteiger partial charge in [0.1, 0.15) is 5.15 Å². The minimum absolute atomic E-state index is 0.423. The van der Waals surface area contributed by atoms with Crippen molar-refractivity contribution in [3.8, 4) is 0 Å². The molecule has 0 amide bonds. The maximum absolute atomic E-state index is 6.19. The minimum atomic E-state index is 0.423. The third-order valence-electron chi connectivity index (χ3n) is 3.40. The van der Waals surface area contributed by atoms with Crippen LogP contribution in [-0.4, -0.2) is 14.6 Å². The van der Waals surface area contributed by atoms with E-state index in [0.717, 1.165) is 11.3 Å². The lowest BCUT2D eigenvalue weighted by Crippen LogP contribution is -2.09. The SMILES string of the molecule is CCCC(C)[C@@H](C)c1cc(Cl)n2nccc2n1. The van der Waals surface area contributed by atoms with E-state index in [1.54, 1.807) is 10.7 Å². The van der Waals surface area contributed by atoms with Crippen LogP contribution in [0.2, 0.25) is 5.15 Å². The molecule has 3 nitrogen and oxygen atoms in total. The van der Waals surface area contributed by atoms with Crippen LogP contribution in [0.3, 0.4) is 0 Å². The fraction of sp³-hybridized carbons (Fsp3) is 0.538. The molecule has 0 aliphatic carbocycles. The highest BCUT2D eigenvalue weighted by Crippen LogP contribution is 2.28. The Kier molecular flexibility index (Phi) is 3.67. The van der Waals surface area contributed by atoms with Crippen molar-refractivity contribution in [2.45, 2.75) is 39.5 Å². The zero-order valence-corrected chi connectivity index (χ0v) is 11.3. The average molecular weight is 252 g/mol. The molecule has 0 N–H and O–H groups in total. The maximum atomic E-state index is 6.19. The lowest BCUT2D eigenvalue weighted by Gasteiger charge is -2.19. The zero-order chi connectivity index (χ0) is 12.4. The van der Waals surface area contributed by atoms with Crippen LogP contribution < -0.4 is 0 Å². The van der Waals surface area contributed by atoms with Crippen LogP contribution >= 0.6 is 11.6 Å². The summed E-state index contributed by atoms with van der Waals surface area (Å²) in [7, 11) is 0. The monoisotopic (exact) mass is 251 g/mol. The van der Waals surface area contributed by atoms with Gasteiger partial charge in [-0.05, 0) is 12.0 Å². The van der Waals surface area contributed by atoms with E-state index < -0.39 is 0 Å². The molecule has 2 aromatic heterocycles. The first-order valence-electron chi connectivity index (χ1n) is 6.13. The van der Waals surface area contributed by atoms with E-state index in [4.69, 9.17) is 11.6 Å². The maximum Gasteiger partial charge on any atom is 0.156 e. The highest BCUT2D eigenvalue weighted by molar-refractivity contribution is 6.29.